The molecule has 0 aliphatic carbocycles. The maximum Gasteiger partial charge on any atom is 0.282 e. The first-order chi connectivity index (χ1) is 11.6. The van der Waals surface area contributed by atoms with Crippen molar-refractivity contribution in [3.8, 4) is 5.75 Å². The van der Waals surface area contributed by atoms with Crippen LogP contribution in [0.5, 0.6) is 5.75 Å². The van der Waals surface area contributed by atoms with E-state index in [2.05, 4.69) is 21.4 Å². The van der Waals surface area contributed by atoms with Gasteiger partial charge >= 0.3 is 0 Å². The Labute approximate surface area is 148 Å². The molecule has 1 saturated heterocycles. The molecule has 24 heavy (non-hydrogen) atoms. The molecule has 5 nitrogen and oxygen atoms in total. The van der Waals surface area contributed by atoms with Crippen LogP contribution in [0.2, 0.25) is 0 Å². The Hall–Kier alpha value is -2.60. The van der Waals surface area contributed by atoms with Crippen LogP contribution in [0.15, 0.2) is 58.6 Å². The monoisotopic (exact) mass is 386 g/mol. The van der Waals surface area contributed by atoms with Crippen molar-refractivity contribution in [1.29, 1.82) is 0 Å². The largest absolute Gasteiger partial charge is 0.493 e. The lowest BCUT2D eigenvalue weighted by molar-refractivity contribution is -0.117. The number of para-hydroxylation sites is 1. The minimum atomic E-state index is -0.436. The SMILES string of the molecule is CCOc1ccccc1C=C1C(=O)NN(c2ccc(Br)cc2)C1=O. The summed E-state index contributed by atoms with van der Waals surface area (Å²) in [7, 11) is 0. The number of nitrogens with zero attached hydrogens (tertiary/aromatic N) is 1. The summed E-state index contributed by atoms with van der Waals surface area (Å²) < 4.78 is 6.43. The molecule has 0 unspecified atom stereocenters. The van der Waals surface area contributed by atoms with Crippen LogP contribution >= 0.6 is 15.9 Å². The minimum absolute atomic E-state index is 0.0741. The van der Waals surface area contributed by atoms with Gasteiger partial charge in [-0.25, -0.2) is 5.01 Å². The summed E-state index contributed by atoms with van der Waals surface area (Å²) in [6.07, 6.45) is 1.56. The number of carbonyl (C=O) groups excluding carboxylic acids is 2. The molecule has 122 valence electrons. The molecule has 0 atom stereocenters. The van der Waals surface area contributed by atoms with E-state index in [1.54, 1.807) is 42.5 Å². The van der Waals surface area contributed by atoms with Crippen LogP contribution in [0.4, 0.5) is 5.69 Å². The third-order valence-corrected chi connectivity index (χ3v) is 4.02. The Kier molecular flexibility index (Phi) is 4.66. The lowest BCUT2D eigenvalue weighted by Gasteiger charge is -2.14. The second-order valence-corrected chi connectivity index (χ2v) is 6.00. The van der Waals surface area contributed by atoms with Gasteiger partial charge in [-0.05, 0) is 43.3 Å². The van der Waals surface area contributed by atoms with Crippen LogP contribution in [0.25, 0.3) is 6.08 Å². The van der Waals surface area contributed by atoms with E-state index < -0.39 is 11.8 Å². The van der Waals surface area contributed by atoms with Crippen molar-refractivity contribution in [3.05, 3.63) is 64.1 Å². The van der Waals surface area contributed by atoms with E-state index in [1.165, 1.54) is 5.01 Å². The Balaban J connectivity index is 1.93. The van der Waals surface area contributed by atoms with Crippen molar-refractivity contribution in [3.63, 3.8) is 0 Å². The number of carbonyl (C=O) groups is 2. The minimum Gasteiger partial charge on any atom is -0.493 e. The number of ether oxygens (including phenoxy) is 1. The lowest BCUT2D eigenvalue weighted by Crippen LogP contribution is -2.35. The van der Waals surface area contributed by atoms with Crippen molar-refractivity contribution >= 4 is 39.5 Å². The molecule has 1 aliphatic rings. The van der Waals surface area contributed by atoms with E-state index >= 15 is 0 Å². The number of halogens is 1. The normalized spacial score (nSPS) is 15.8. The van der Waals surface area contributed by atoms with E-state index in [-0.39, 0.29) is 5.57 Å². The molecule has 0 radical (unpaired) electrons. The van der Waals surface area contributed by atoms with E-state index in [0.29, 0.717) is 23.6 Å². The first kappa shape index (κ1) is 16.3. The zero-order valence-corrected chi connectivity index (χ0v) is 14.5. The number of benzene rings is 2. The maximum absolute atomic E-state index is 12.6. The van der Waals surface area contributed by atoms with Gasteiger partial charge in [0.25, 0.3) is 11.8 Å². The van der Waals surface area contributed by atoms with E-state index in [0.717, 1.165) is 4.47 Å². The van der Waals surface area contributed by atoms with Crippen molar-refractivity contribution in [2.45, 2.75) is 6.92 Å². The predicted molar refractivity (Wildman–Crippen MR) is 95.4 cm³/mol. The van der Waals surface area contributed by atoms with Crippen molar-refractivity contribution in [1.82, 2.24) is 5.43 Å². The van der Waals surface area contributed by atoms with Crippen LogP contribution in [0.3, 0.4) is 0 Å². The summed E-state index contributed by atoms with van der Waals surface area (Å²) in [4.78, 5) is 24.8. The van der Waals surface area contributed by atoms with Gasteiger partial charge in [0.15, 0.2) is 0 Å². The third-order valence-electron chi connectivity index (χ3n) is 3.49. The van der Waals surface area contributed by atoms with Gasteiger partial charge in [-0.2, -0.15) is 0 Å². The summed E-state index contributed by atoms with van der Waals surface area (Å²) in [6.45, 7) is 2.39. The second-order valence-electron chi connectivity index (χ2n) is 5.09. The van der Waals surface area contributed by atoms with Crippen molar-refractivity contribution in [2.24, 2.45) is 0 Å². The Bertz CT molecular complexity index is 815. The summed E-state index contributed by atoms with van der Waals surface area (Å²) in [5, 5.41) is 1.24. The molecule has 1 aliphatic heterocycles. The molecule has 6 heteroatoms. The summed E-state index contributed by atoms with van der Waals surface area (Å²) in [5.41, 5.74) is 3.94. The number of amides is 2. The molecule has 3 rings (SSSR count). The van der Waals surface area contributed by atoms with Gasteiger partial charge in [0.1, 0.15) is 11.3 Å². The molecule has 0 bridgehead atoms. The molecule has 0 spiro atoms. The molecular formula is C18H15BrN2O3. The van der Waals surface area contributed by atoms with Gasteiger partial charge in [-0.1, -0.05) is 34.1 Å². The lowest BCUT2D eigenvalue weighted by atomic mass is 10.1. The van der Waals surface area contributed by atoms with E-state index in [4.69, 9.17) is 4.74 Å². The van der Waals surface area contributed by atoms with Crippen LogP contribution in [-0.2, 0) is 9.59 Å². The summed E-state index contributed by atoms with van der Waals surface area (Å²) in [6, 6.07) is 14.4. The van der Waals surface area contributed by atoms with Gasteiger partial charge in [0.2, 0.25) is 0 Å². The highest BCUT2D eigenvalue weighted by molar-refractivity contribution is 9.10. The predicted octanol–water partition coefficient (Wildman–Crippen LogP) is 3.31. The Morgan fingerprint density at radius 2 is 1.83 bits per heavy atom. The average Bonchev–Trinajstić information content (AvgIpc) is 2.86. The summed E-state index contributed by atoms with van der Waals surface area (Å²) >= 11 is 3.34. The quantitative estimate of drug-likeness (QED) is 0.647. The number of rotatable bonds is 4. The molecule has 1 N–H and O–H groups in total. The zero-order valence-electron chi connectivity index (χ0n) is 13.0. The average molecular weight is 387 g/mol. The number of hydrogen-bond donors (Lipinski definition) is 1. The van der Waals surface area contributed by atoms with Gasteiger partial charge in [0.05, 0.1) is 12.3 Å². The fourth-order valence-corrected chi connectivity index (χ4v) is 2.64. The standard InChI is InChI=1S/C18H15BrN2O3/c1-2-24-16-6-4-3-5-12(16)11-15-17(22)20-21(18(15)23)14-9-7-13(19)8-10-14/h3-11H,2H2,1H3,(H,20,22). The molecular weight excluding hydrogens is 372 g/mol. The van der Waals surface area contributed by atoms with Gasteiger partial charge in [0, 0.05) is 10.0 Å². The van der Waals surface area contributed by atoms with Crippen LogP contribution in [0.1, 0.15) is 12.5 Å². The molecule has 0 saturated carbocycles. The molecule has 2 amide bonds. The first-order valence-corrected chi connectivity index (χ1v) is 8.24. The van der Waals surface area contributed by atoms with Crippen molar-refractivity contribution < 1.29 is 14.3 Å². The fourth-order valence-electron chi connectivity index (χ4n) is 2.37. The maximum atomic E-state index is 12.6. The molecule has 2 aromatic carbocycles. The molecule has 2 aromatic rings. The smallest absolute Gasteiger partial charge is 0.282 e. The second kappa shape index (κ2) is 6.88. The van der Waals surface area contributed by atoms with Crippen LogP contribution in [0, 0.1) is 0 Å². The third kappa shape index (κ3) is 3.19. The number of nitrogens with one attached hydrogen (secondary N) is 1. The Morgan fingerprint density at radius 1 is 1.12 bits per heavy atom. The van der Waals surface area contributed by atoms with Crippen LogP contribution < -0.4 is 15.2 Å². The number of hydrazine groups is 1. The highest BCUT2D eigenvalue weighted by Crippen LogP contribution is 2.26. The van der Waals surface area contributed by atoms with Gasteiger partial charge in [-0.15, -0.1) is 0 Å². The summed E-state index contributed by atoms with van der Waals surface area (Å²) in [5.74, 6) is -0.196. The zero-order chi connectivity index (χ0) is 17.1. The van der Waals surface area contributed by atoms with E-state index in [9.17, 15) is 9.59 Å². The topological polar surface area (TPSA) is 58.6 Å². The van der Waals surface area contributed by atoms with Gasteiger partial charge < -0.3 is 4.74 Å². The van der Waals surface area contributed by atoms with E-state index in [1.807, 2.05) is 19.1 Å². The molecule has 0 aromatic heterocycles. The molecule has 1 heterocycles. The number of anilines is 1. The number of hydrogen-bond acceptors (Lipinski definition) is 3. The first-order valence-electron chi connectivity index (χ1n) is 7.44. The molecule has 1 fully saturated rings. The van der Waals surface area contributed by atoms with Crippen LogP contribution in [-0.4, -0.2) is 18.4 Å². The van der Waals surface area contributed by atoms with Gasteiger partial charge in [-0.3, -0.25) is 15.0 Å². The highest BCUT2D eigenvalue weighted by Gasteiger charge is 2.34. The Morgan fingerprint density at radius 3 is 2.54 bits per heavy atom. The fraction of sp³-hybridized carbons (Fsp3) is 0.111. The highest BCUT2D eigenvalue weighted by atomic mass is 79.9. The van der Waals surface area contributed by atoms with Crippen molar-refractivity contribution in [2.75, 3.05) is 11.6 Å².